The van der Waals surface area contributed by atoms with Gasteiger partial charge in [0.05, 0.1) is 0 Å². The molecule has 18 heavy (non-hydrogen) atoms. The van der Waals surface area contributed by atoms with Gasteiger partial charge in [0.1, 0.15) is 0 Å². The summed E-state index contributed by atoms with van der Waals surface area (Å²) in [6.07, 6.45) is 1.03. The van der Waals surface area contributed by atoms with Crippen molar-refractivity contribution >= 4 is 11.8 Å². The van der Waals surface area contributed by atoms with Crippen molar-refractivity contribution in [3.63, 3.8) is 0 Å². The van der Waals surface area contributed by atoms with E-state index in [2.05, 4.69) is 43.4 Å². The van der Waals surface area contributed by atoms with Gasteiger partial charge in [-0.25, -0.2) is 0 Å². The topological polar surface area (TPSA) is 64.1 Å². The maximum atomic E-state index is 5.73. The second kappa shape index (κ2) is 8.53. The molecule has 4 heteroatoms. The lowest BCUT2D eigenvalue weighted by atomic mass is 10.1. The molecule has 0 heterocycles. The minimum Gasteiger partial charge on any atom is -0.329 e. The summed E-state index contributed by atoms with van der Waals surface area (Å²) in [7, 11) is 0. The number of hydrogen-bond donors (Lipinski definition) is 3. The van der Waals surface area contributed by atoms with Gasteiger partial charge in [-0.05, 0) is 30.7 Å². The van der Waals surface area contributed by atoms with Crippen LogP contribution < -0.4 is 16.8 Å². The Kier molecular flexibility index (Phi) is 7.35. The molecule has 1 aromatic carbocycles. The van der Waals surface area contributed by atoms with E-state index in [-0.39, 0.29) is 6.04 Å². The van der Waals surface area contributed by atoms with Crippen LogP contribution >= 0.6 is 11.8 Å². The van der Waals surface area contributed by atoms with Gasteiger partial charge >= 0.3 is 0 Å². The van der Waals surface area contributed by atoms with Crippen molar-refractivity contribution in [2.45, 2.75) is 36.5 Å². The minimum atomic E-state index is 0.0646. The largest absolute Gasteiger partial charge is 0.329 e. The summed E-state index contributed by atoms with van der Waals surface area (Å²) in [4.78, 5) is 1.34. The van der Waals surface area contributed by atoms with Crippen molar-refractivity contribution in [1.82, 2.24) is 5.32 Å². The summed E-state index contributed by atoms with van der Waals surface area (Å²) >= 11 is 1.90. The van der Waals surface area contributed by atoms with Gasteiger partial charge in [0.2, 0.25) is 0 Å². The Bertz CT molecular complexity index is 324. The molecule has 0 fully saturated rings. The van der Waals surface area contributed by atoms with Crippen LogP contribution in [0.15, 0.2) is 29.2 Å². The highest BCUT2D eigenvalue weighted by Crippen LogP contribution is 2.22. The summed E-state index contributed by atoms with van der Waals surface area (Å²) in [5.74, 6) is 0. The van der Waals surface area contributed by atoms with Gasteiger partial charge in [-0.1, -0.05) is 26.0 Å². The van der Waals surface area contributed by atoms with Crippen molar-refractivity contribution < 1.29 is 0 Å². The molecule has 0 aliphatic heterocycles. The van der Waals surface area contributed by atoms with Crippen LogP contribution in [0, 0.1) is 0 Å². The molecule has 0 aliphatic carbocycles. The van der Waals surface area contributed by atoms with Gasteiger partial charge in [0, 0.05) is 29.3 Å². The molecule has 3 nitrogen and oxygen atoms in total. The Hall–Kier alpha value is -0.550. The van der Waals surface area contributed by atoms with Crippen molar-refractivity contribution in [1.29, 1.82) is 0 Å². The van der Waals surface area contributed by atoms with Gasteiger partial charge in [-0.2, -0.15) is 0 Å². The summed E-state index contributed by atoms with van der Waals surface area (Å²) in [5.41, 5.74) is 12.5. The quantitative estimate of drug-likeness (QED) is 0.494. The van der Waals surface area contributed by atoms with Crippen LogP contribution in [-0.4, -0.2) is 30.9 Å². The molecule has 0 saturated heterocycles. The number of thioether (sulfide) groups is 1. The van der Waals surface area contributed by atoms with Gasteiger partial charge in [0.15, 0.2) is 0 Å². The van der Waals surface area contributed by atoms with Gasteiger partial charge in [0.25, 0.3) is 0 Å². The summed E-state index contributed by atoms with van der Waals surface area (Å²) in [5, 5.41) is 3.96. The third-order valence-electron chi connectivity index (χ3n) is 2.59. The average molecular weight is 267 g/mol. The lowest BCUT2D eigenvalue weighted by molar-refractivity contribution is 0.583. The highest BCUT2D eigenvalue weighted by molar-refractivity contribution is 7.99. The van der Waals surface area contributed by atoms with E-state index >= 15 is 0 Å². The highest BCUT2D eigenvalue weighted by atomic mass is 32.2. The number of rotatable bonds is 8. The molecule has 102 valence electrons. The average Bonchev–Trinajstić information content (AvgIpc) is 2.35. The molecule has 1 atom stereocenters. The number of nitrogens with one attached hydrogen (secondary N) is 1. The zero-order valence-electron chi connectivity index (χ0n) is 11.4. The predicted molar refractivity (Wildman–Crippen MR) is 81.0 cm³/mol. The van der Waals surface area contributed by atoms with Gasteiger partial charge < -0.3 is 16.8 Å². The molecule has 5 N–H and O–H groups in total. The van der Waals surface area contributed by atoms with Crippen LogP contribution in [0.25, 0.3) is 0 Å². The second-order valence-corrected chi connectivity index (χ2v) is 6.41. The first-order valence-corrected chi connectivity index (χ1v) is 7.41. The standard InChI is InChI=1S/C14H25N3S/c1-11(2)18-14-5-3-12(4-6-14)7-8-17-10-13(16)9-15/h3-6,11,13,17H,7-10,15-16H2,1-2H3. The first-order valence-electron chi connectivity index (χ1n) is 6.53. The fourth-order valence-electron chi connectivity index (χ4n) is 1.61. The Labute approximate surface area is 115 Å². The lowest BCUT2D eigenvalue weighted by Crippen LogP contribution is -2.40. The predicted octanol–water partition coefficient (Wildman–Crippen LogP) is 1.61. The molecule has 0 aliphatic rings. The van der Waals surface area contributed by atoms with Crippen LogP contribution in [0.5, 0.6) is 0 Å². The van der Waals surface area contributed by atoms with Crippen LogP contribution in [0.1, 0.15) is 19.4 Å². The van der Waals surface area contributed by atoms with Crippen LogP contribution in [-0.2, 0) is 6.42 Å². The van der Waals surface area contributed by atoms with E-state index in [9.17, 15) is 0 Å². The number of benzene rings is 1. The molecular weight excluding hydrogens is 242 g/mol. The van der Waals surface area contributed by atoms with E-state index in [1.54, 1.807) is 0 Å². The molecule has 1 aromatic rings. The zero-order valence-corrected chi connectivity index (χ0v) is 12.2. The van der Waals surface area contributed by atoms with Crippen LogP contribution in [0.4, 0.5) is 0 Å². The smallest absolute Gasteiger partial charge is 0.0290 e. The SMILES string of the molecule is CC(C)Sc1ccc(CCNCC(N)CN)cc1. The maximum absolute atomic E-state index is 5.73. The zero-order chi connectivity index (χ0) is 13.4. The first kappa shape index (κ1) is 15.5. The normalized spacial score (nSPS) is 12.9. The third-order valence-corrected chi connectivity index (χ3v) is 3.61. The highest BCUT2D eigenvalue weighted by Gasteiger charge is 2.00. The lowest BCUT2D eigenvalue weighted by Gasteiger charge is -2.10. The fourth-order valence-corrected chi connectivity index (χ4v) is 2.45. The van der Waals surface area contributed by atoms with E-state index in [0.29, 0.717) is 11.8 Å². The van der Waals surface area contributed by atoms with E-state index < -0.39 is 0 Å². The molecule has 0 amide bonds. The van der Waals surface area contributed by atoms with Gasteiger partial charge in [-0.15, -0.1) is 11.8 Å². The fraction of sp³-hybridized carbons (Fsp3) is 0.571. The number of hydrogen-bond acceptors (Lipinski definition) is 4. The van der Waals surface area contributed by atoms with E-state index in [1.807, 2.05) is 11.8 Å². The molecular formula is C14H25N3S. The first-order chi connectivity index (χ1) is 8.61. The molecule has 0 spiro atoms. The minimum absolute atomic E-state index is 0.0646. The molecule has 0 saturated carbocycles. The Morgan fingerprint density at radius 2 is 1.89 bits per heavy atom. The van der Waals surface area contributed by atoms with Crippen molar-refractivity contribution in [3.05, 3.63) is 29.8 Å². The van der Waals surface area contributed by atoms with Gasteiger partial charge in [-0.3, -0.25) is 0 Å². The monoisotopic (exact) mass is 267 g/mol. The second-order valence-electron chi connectivity index (χ2n) is 4.76. The third kappa shape index (κ3) is 6.40. The van der Waals surface area contributed by atoms with E-state index in [0.717, 1.165) is 19.5 Å². The molecule has 0 radical (unpaired) electrons. The molecule has 0 bridgehead atoms. The number of nitrogens with two attached hydrogens (primary N) is 2. The Morgan fingerprint density at radius 3 is 2.44 bits per heavy atom. The Morgan fingerprint density at radius 1 is 1.22 bits per heavy atom. The Balaban J connectivity index is 2.26. The van der Waals surface area contributed by atoms with E-state index in [4.69, 9.17) is 11.5 Å². The molecule has 1 unspecified atom stereocenters. The summed E-state index contributed by atoms with van der Waals surface area (Å²) in [6.45, 7) is 6.70. The van der Waals surface area contributed by atoms with Crippen molar-refractivity contribution in [2.75, 3.05) is 19.6 Å². The van der Waals surface area contributed by atoms with Crippen LogP contribution in [0.2, 0.25) is 0 Å². The van der Waals surface area contributed by atoms with Crippen molar-refractivity contribution in [2.24, 2.45) is 11.5 Å². The van der Waals surface area contributed by atoms with Crippen LogP contribution in [0.3, 0.4) is 0 Å². The van der Waals surface area contributed by atoms with Crippen molar-refractivity contribution in [3.8, 4) is 0 Å². The summed E-state index contributed by atoms with van der Waals surface area (Å²) < 4.78 is 0. The van der Waals surface area contributed by atoms with E-state index in [1.165, 1.54) is 10.5 Å². The maximum Gasteiger partial charge on any atom is 0.0290 e. The molecule has 1 rings (SSSR count). The molecule has 0 aromatic heterocycles. The summed E-state index contributed by atoms with van der Waals surface area (Å²) in [6, 6.07) is 8.87.